The number of amides is 1. The Kier molecular flexibility index (Phi) is 6.34. The molecule has 0 spiro atoms. The molecule has 0 bridgehead atoms. The van der Waals surface area contributed by atoms with Crippen LogP contribution in [0, 0.1) is 0 Å². The molecular formula is C23H29N3O2. The standard InChI is InChI=1S/C23H29N3O2/c1-5-22(27)24-17(4)23-25-20-8-6-7-9-21(20)26(23)14-15-28-19-12-10-18(11-13-19)16(2)3/h6-13,16-17H,5,14-15H2,1-4H3,(H,24,27). The third-order valence-corrected chi connectivity index (χ3v) is 4.90. The number of hydrogen-bond acceptors (Lipinski definition) is 3. The summed E-state index contributed by atoms with van der Waals surface area (Å²) in [4.78, 5) is 16.6. The normalized spacial score (nSPS) is 12.3. The van der Waals surface area contributed by atoms with E-state index in [1.165, 1.54) is 5.56 Å². The lowest BCUT2D eigenvalue weighted by atomic mass is 10.0. The second-order valence-electron chi connectivity index (χ2n) is 7.33. The molecule has 0 aliphatic carbocycles. The van der Waals surface area contributed by atoms with Crippen molar-refractivity contribution in [3.05, 3.63) is 59.9 Å². The minimum Gasteiger partial charge on any atom is -0.492 e. The Bertz CT molecular complexity index is 929. The number of rotatable bonds is 8. The molecule has 28 heavy (non-hydrogen) atoms. The average molecular weight is 380 g/mol. The molecular weight excluding hydrogens is 350 g/mol. The highest BCUT2D eigenvalue weighted by molar-refractivity contribution is 5.77. The van der Waals surface area contributed by atoms with E-state index < -0.39 is 0 Å². The molecule has 148 valence electrons. The first-order valence-electron chi connectivity index (χ1n) is 9.97. The first kappa shape index (κ1) is 19.9. The summed E-state index contributed by atoms with van der Waals surface area (Å²) < 4.78 is 8.10. The number of fused-ring (bicyclic) bond motifs is 1. The van der Waals surface area contributed by atoms with Gasteiger partial charge in [-0.3, -0.25) is 4.79 Å². The van der Waals surface area contributed by atoms with Gasteiger partial charge in [0.05, 0.1) is 23.6 Å². The Balaban J connectivity index is 1.75. The molecule has 5 heteroatoms. The Labute approximate surface area is 166 Å². The van der Waals surface area contributed by atoms with Gasteiger partial charge in [0, 0.05) is 6.42 Å². The lowest BCUT2D eigenvalue weighted by molar-refractivity contribution is -0.121. The largest absolute Gasteiger partial charge is 0.492 e. The van der Waals surface area contributed by atoms with Crippen LogP contribution >= 0.6 is 0 Å². The molecule has 0 aliphatic heterocycles. The second-order valence-corrected chi connectivity index (χ2v) is 7.33. The number of nitrogens with one attached hydrogen (secondary N) is 1. The lowest BCUT2D eigenvalue weighted by Gasteiger charge is -2.16. The van der Waals surface area contributed by atoms with Crippen LogP contribution in [0.3, 0.4) is 0 Å². The molecule has 1 aromatic heterocycles. The fourth-order valence-electron chi connectivity index (χ4n) is 3.27. The van der Waals surface area contributed by atoms with E-state index in [4.69, 9.17) is 9.72 Å². The second kappa shape index (κ2) is 8.91. The van der Waals surface area contributed by atoms with E-state index in [1.807, 2.05) is 44.2 Å². The van der Waals surface area contributed by atoms with Gasteiger partial charge in [0.1, 0.15) is 18.2 Å². The van der Waals surface area contributed by atoms with Gasteiger partial charge >= 0.3 is 0 Å². The summed E-state index contributed by atoms with van der Waals surface area (Å²) in [5.41, 5.74) is 3.28. The van der Waals surface area contributed by atoms with Crippen LogP contribution in [0.5, 0.6) is 5.75 Å². The zero-order chi connectivity index (χ0) is 20.1. The Morgan fingerprint density at radius 3 is 2.50 bits per heavy atom. The van der Waals surface area contributed by atoms with Gasteiger partial charge in [0.25, 0.3) is 0 Å². The number of ether oxygens (including phenoxy) is 1. The van der Waals surface area contributed by atoms with E-state index in [1.54, 1.807) is 0 Å². The number of nitrogens with zero attached hydrogens (tertiary/aromatic N) is 2. The monoisotopic (exact) mass is 379 g/mol. The molecule has 1 N–H and O–H groups in total. The van der Waals surface area contributed by atoms with E-state index in [2.05, 4.69) is 41.9 Å². The third-order valence-electron chi connectivity index (χ3n) is 4.90. The predicted octanol–water partition coefficient (Wildman–Crippen LogP) is 4.83. The van der Waals surface area contributed by atoms with Crippen LogP contribution in [-0.4, -0.2) is 22.1 Å². The van der Waals surface area contributed by atoms with Gasteiger partial charge in [-0.1, -0.05) is 45.0 Å². The van der Waals surface area contributed by atoms with Crippen molar-refractivity contribution in [2.45, 2.75) is 52.6 Å². The van der Waals surface area contributed by atoms with Crippen molar-refractivity contribution >= 4 is 16.9 Å². The quantitative estimate of drug-likeness (QED) is 0.610. The highest BCUT2D eigenvalue weighted by atomic mass is 16.5. The van der Waals surface area contributed by atoms with Crippen molar-refractivity contribution < 1.29 is 9.53 Å². The summed E-state index contributed by atoms with van der Waals surface area (Å²) in [6.07, 6.45) is 0.458. The summed E-state index contributed by atoms with van der Waals surface area (Å²) in [7, 11) is 0. The summed E-state index contributed by atoms with van der Waals surface area (Å²) in [5, 5.41) is 3.01. The Morgan fingerprint density at radius 1 is 1.11 bits per heavy atom. The van der Waals surface area contributed by atoms with Gasteiger partial charge < -0.3 is 14.6 Å². The molecule has 0 saturated carbocycles. The molecule has 1 heterocycles. The zero-order valence-electron chi connectivity index (χ0n) is 17.1. The Hall–Kier alpha value is -2.82. The predicted molar refractivity (Wildman–Crippen MR) is 113 cm³/mol. The van der Waals surface area contributed by atoms with Crippen LogP contribution in [-0.2, 0) is 11.3 Å². The maximum absolute atomic E-state index is 11.8. The number of carbonyl (C=O) groups excluding carboxylic acids is 1. The maximum atomic E-state index is 11.8. The van der Waals surface area contributed by atoms with Crippen LogP contribution in [0.1, 0.15) is 57.5 Å². The fourth-order valence-corrected chi connectivity index (χ4v) is 3.27. The maximum Gasteiger partial charge on any atom is 0.220 e. The number of carbonyl (C=O) groups is 1. The van der Waals surface area contributed by atoms with E-state index >= 15 is 0 Å². The molecule has 0 fully saturated rings. The molecule has 3 aromatic rings. The van der Waals surface area contributed by atoms with Crippen LogP contribution in [0.2, 0.25) is 0 Å². The first-order valence-corrected chi connectivity index (χ1v) is 9.97. The van der Waals surface area contributed by atoms with Crippen molar-refractivity contribution in [1.82, 2.24) is 14.9 Å². The number of hydrogen-bond donors (Lipinski definition) is 1. The van der Waals surface area contributed by atoms with Crippen molar-refractivity contribution in [3.63, 3.8) is 0 Å². The van der Waals surface area contributed by atoms with Gasteiger partial charge in [-0.25, -0.2) is 4.98 Å². The summed E-state index contributed by atoms with van der Waals surface area (Å²) in [5.74, 6) is 2.24. The van der Waals surface area contributed by atoms with Gasteiger partial charge in [0.15, 0.2) is 0 Å². The van der Waals surface area contributed by atoms with E-state index in [0.717, 1.165) is 22.6 Å². The van der Waals surface area contributed by atoms with E-state index in [9.17, 15) is 4.79 Å². The number of aromatic nitrogens is 2. The minimum absolute atomic E-state index is 0.0209. The fraction of sp³-hybridized carbons (Fsp3) is 0.391. The lowest BCUT2D eigenvalue weighted by Crippen LogP contribution is -2.28. The molecule has 0 radical (unpaired) electrons. The topological polar surface area (TPSA) is 56.2 Å². The highest BCUT2D eigenvalue weighted by Gasteiger charge is 2.17. The molecule has 5 nitrogen and oxygen atoms in total. The molecule has 0 saturated heterocycles. The highest BCUT2D eigenvalue weighted by Crippen LogP contribution is 2.22. The van der Waals surface area contributed by atoms with Crippen molar-refractivity contribution in [3.8, 4) is 5.75 Å². The Morgan fingerprint density at radius 2 is 1.82 bits per heavy atom. The van der Waals surface area contributed by atoms with Gasteiger partial charge in [-0.15, -0.1) is 0 Å². The smallest absolute Gasteiger partial charge is 0.220 e. The molecule has 1 unspecified atom stereocenters. The SMILES string of the molecule is CCC(=O)NC(C)c1nc2ccccc2n1CCOc1ccc(C(C)C)cc1. The van der Waals surface area contributed by atoms with Gasteiger partial charge in [0.2, 0.25) is 5.91 Å². The number of benzene rings is 2. The third kappa shape index (κ3) is 4.53. The summed E-state index contributed by atoms with van der Waals surface area (Å²) >= 11 is 0. The van der Waals surface area contributed by atoms with Gasteiger partial charge in [-0.2, -0.15) is 0 Å². The van der Waals surface area contributed by atoms with E-state index in [0.29, 0.717) is 25.5 Å². The number of para-hydroxylation sites is 2. The van der Waals surface area contributed by atoms with Crippen molar-refractivity contribution in [2.75, 3.05) is 6.61 Å². The molecule has 1 atom stereocenters. The van der Waals surface area contributed by atoms with Crippen LogP contribution in [0.25, 0.3) is 11.0 Å². The first-order chi connectivity index (χ1) is 13.5. The van der Waals surface area contributed by atoms with Gasteiger partial charge in [-0.05, 0) is 42.7 Å². The van der Waals surface area contributed by atoms with Crippen LogP contribution in [0.15, 0.2) is 48.5 Å². The summed E-state index contributed by atoms with van der Waals surface area (Å²) in [6, 6.07) is 16.1. The zero-order valence-corrected chi connectivity index (χ0v) is 17.1. The van der Waals surface area contributed by atoms with Crippen LogP contribution < -0.4 is 10.1 Å². The molecule has 2 aromatic carbocycles. The average Bonchev–Trinajstić information content (AvgIpc) is 3.07. The minimum atomic E-state index is -0.162. The van der Waals surface area contributed by atoms with Crippen molar-refractivity contribution in [1.29, 1.82) is 0 Å². The molecule has 3 rings (SSSR count). The molecule has 1 amide bonds. The van der Waals surface area contributed by atoms with Crippen molar-refractivity contribution in [2.24, 2.45) is 0 Å². The number of imidazole rings is 1. The molecule has 0 aliphatic rings. The van der Waals surface area contributed by atoms with Crippen LogP contribution in [0.4, 0.5) is 0 Å². The summed E-state index contributed by atoms with van der Waals surface area (Å²) in [6.45, 7) is 9.37. The van der Waals surface area contributed by atoms with E-state index in [-0.39, 0.29) is 11.9 Å².